The topological polar surface area (TPSA) is 117 Å². The smallest absolute Gasteiger partial charge is 0.160 e. The van der Waals surface area contributed by atoms with Gasteiger partial charge in [0.25, 0.3) is 0 Å². The summed E-state index contributed by atoms with van der Waals surface area (Å²) in [6.07, 6.45) is 6.52. The molecule has 0 radical (unpaired) electrons. The van der Waals surface area contributed by atoms with Gasteiger partial charge in [0.2, 0.25) is 0 Å². The molecular formula is C53H68N2O6. The lowest BCUT2D eigenvalue weighted by atomic mass is 9.33. The van der Waals surface area contributed by atoms with Gasteiger partial charge in [-0.2, -0.15) is 0 Å². The van der Waals surface area contributed by atoms with Crippen molar-refractivity contribution in [3.8, 4) is 11.8 Å². The van der Waals surface area contributed by atoms with Crippen LogP contribution in [0.3, 0.4) is 0 Å². The SMILES string of the molecule is Cc1cc(Cc2c3n(c4cc[nH]c24)C[C@H]2C4=C([C@H](C)C[C@@H](O)[C@H]5OC5(C)C)C(=O)C[C@]4(C)[C@@]4(C)CC[C@H]5C(C)(C)C(=O)C[C@@H](C#CC3)[C@@]5(C)[C@H]4[C@@H]2O)cc(C2CCOCC2)c1. The fourth-order valence-electron chi connectivity index (χ4n) is 15.3. The number of allylic oxidation sites excluding steroid dienone is 1. The van der Waals surface area contributed by atoms with Gasteiger partial charge in [0.1, 0.15) is 11.9 Å². The van der Waals surface area contributed by atoms with E-state index in [0.717, 1.165) is 73.2 Å². The van der Waals surface area contributed by atoms with Crippen LogP contribution < -0.4 is 0 Å². The Morgan fingerprint density at radius 3 is 2.49 bits per heavy atom. The lowest BCUT2D eigenvalue weighted by Crippen LogP contribution is -2.69. The molecule has 11 atom stereocenters. The number of benzene rings is 1. The van der Waals surface area contributed by atoms with Crippen molar-refractivity contribution >= 4 is 22.6 Å². The van der Waals surface area contributed by atoms with E-state index in [1.165, 1.54) is 22.3 Å². The number of rotatable bonds is 7. The molecule has 61 heavy (non-hydrogen) atoms. The molecule has 0 unspecified atom stereocenters. The maximum Gasteiger partial charge on any atom is 0.160 e. The number of hydrogen-bond acceptors (Lipinski definition) is 6. The summed E-state index contributed by atoms with van der Waals surface area (Å²) in [7, 11) is 0. The largest absolute Gasteiger partial charge is 0.392 e. The number of carbonyl (C=O) groups is 2. The van der Waals surface area contributed by atoms with E-state index in [9.17, 15) is 19.8 Å². The highest BCUT2D eigenvalue weighted by atomic mass is 16.6. The quantitative estimate of drug-likeness (QED) is 0.162. The van der Waals surface area contributed by atoms with E-state index in [-0.39, 0.29) is 52.9 Å². The van der Waals surface area contributed by atoms with Crippen molar-refractivity contribution in [2.75, 3.05) is 13.2 Å². The van der Waals surface area contributed by atoms with Gasteiger partial charge in [-0.05, 0) is 116 Å². The molecule has 8 heteroatoms. The minimum Gasteiger partial charge on any atom is -0.392 e. The molecule has 4 aliphatic carbocycles. The summed E-state index contributed by atoms with van der Waals surface area (Å²) in [5.41, 5.74) is 8.07. The number of nitrogens with one attached hydrogen (secondary N) is 1. The van der Waals surface area contributed by atoms with Crippen LogP contribution in [0.15, 0.2) is 41.6 Å². The number of ether oxygens (including phenoxy) is 2. The Hall–Kier alpha value is -3.48. The average molecular weight is 829 g/mol. The standard InChI is InChI=1S/C53H68N2O6/c1-29-21-31(24-33(22-29)32-15-19-60-20-16-32)25-35-37-12-10-11-34-26-42(58)49(3,4)41-13-17-51(7)47(53(34,41)9)46(59)36(28-55(37)38-14-18-54-45(35)38)44-43(40(57)27-52(44,51)8)30(2)23-39(56)48-50(5,6)61-48/h14,18,21-22,24,30,32,34,36,39,41,46-48,54,56,59H,12-13,15-17,19-20,23,25-28H2,1-9H3/t30-,34-,36+,39-,41+,46-,47+,48-,51+,52+,53-/m1/s1. The summed E-state index contributed by atoms with van der Waals surface area (Å²) in [4.78, 5) is 32.8. The van der Waals surface area contributed by atoms with Gasteiger partial charge in [-0.15, -0.1) is 0 Å². The number of aliphatic hydroxyl groups is 2. The molecule has 3 N–H and O–H groups in total. The Morgan fingerprint density at radius 2 is 1.77 bits per heavy atom. The molecule has 3 aliphatic heterocycles. The first-order chi connectivity index (χ1) is 28.8. The van der Waals surface area contributed by atoms with Crippen molar-refractivity contribution in [2.45, 2.75) is 156 Å². The van der Waals surface area contributed by atoms with Crippen LogP contribution in [0, 0.1) is 70.0 Å². The van der Waals surface area contributed by atoms with E-state index >= 15 is 0 Å². The second-order valence-electron chi connectivity index (χ2n) is 22.5. The third-order valence-electron chi connectivity index (χ3n) is 18.5. The van der Waals surface area contributed by atoms with Gasteiger partial charge in [0, 0.05) is 85.6 Å². The number of hydrogen-bond donors (Lipinski definition) is 3. The first kappa shape index (κ1) is 41.5. The molecule has 10 rings (SSSR count). The average Bonchev–Trinajstić information content (AvgIpc) is 3.44. The van der Waals surface area contributed by atoms with Gasteiger partial charge in [0.15, 0.2) is 5.78 Å². The number of aryl methyl sites for hydroxylation is 1. The number of fused-ring (bicyclic) bond motifs is 7. The molecule has 326 valence electrons. The van der Waals surface area contributed by atoms with Crippen LogP contribution in [0.2, 0.25) is 0 Å². The van der Waals surface area contributed by atoms with E-state index in [0.29, 0.717) is 38.1 Å². The van der Waals surface area contributed by atoms with Gasteiger partial charge in [-0.3, -0.25) is 9.59 Å². The highest BCUT2D eigenvalue weighted by Crippen LogP contribution is 2.76. The molecule has 0 amide bonds. The normalized spacial score (nSPS) is 37.4. The van der Waals surface area contributed by atoms with Crippen LogP contribution >= 0.6 is 0 Å². The van der Waals surface area contributed by atoms with Crippen molar-refractivity contribution in [1.82, 2.24) is 9.55 Å². The van der Waals surface area contributed by atoms with E-state index in [4.69, 9.17) is 9.47 Å². The van der Waals surface area contributed by atoms with E-state index in [2.05, 4.69) is 94.1 Å². The van der Waals surface area contributed by atoms with Crippen molar-refractivity contribution < 1.29 is 29.3 Å². The molecule has 7 aliphatic rings. The Bertz CT molecular complexity index is 2410. The van der Waals surface area contributed by atoms with Crippen molar-refractivity contribution in [3.63, 3.8) is 0 Å². The van der Waals surface area contributed by atoms with Gasteiger partial charge < -0.3 is 29.2 Å². The minimum absolute atomic E-state index is 0.0495. The zero-order chi connectivity index (χ0) is 43.2. The number of Topliss-reactive ketones (excluding diaryl/α,β-unsaturated/α-hetero) is 2. The van der Waals surface area contributed by atoms with E-state index < -0.39 is 33.9 Å². The van der Waals surface area contributed by atoms with Crippen LogP contribution in [0.1, 0.15) is 134 Å². The van der Waals surface area contributed by atoms with Crippen molar-refractivity contribution in [2.24, 2.45) is 51.2 Å². The van der Waals surface area contributed by atoms with Gasteiger partial charge in [0.05, 0.1) is 28.8 Å². The maximum absolute atomic E-state index is 14.9. The number of epoxide rings is 1. The van der Waals surface area contributed by atoms with Gasteiger partial charge >= 0.3 is 0 Å². The lowest BCUT2D eigenvalue weighted by Gasteiger charge is -2.71. The molecule has 5 fully saturated rings. The number of H-pyrrole nitrogens is 1. The van der Waals surface area contributed by atoms with Crippen LogP contribution in [0.4, 0.5) is 0 Å². The van der Waals surface area contributed by atoms with Crippen molar-refractivity contribution in [1.29, 1.82) is 0 Å². The second-order valence-corrected chi connectivity index (χ2v) is 22.5. The highest BCUT2D eigenvalue weighted by Gasteiger charge is 2.73. The molecule has 1 aromatic carbocycles. The predicted molar refractivity (Wildman–Crippen MR) is 237 cm³/mol. The Labute approximate surface area is 362 Å². The molecule has 2 bridgehead atoms. The Morgan fingerprint density at radius 1 is 1.03 bits per heavy atom. The molecule has 2 saturated heterocycles. The summed E-state index contributed by atoms with van der Waals surface area (Å²) >= 11 is 0. The van der Waals surface area contributed by atoms with E-state index in [1.54, 1.807) is 0 Å². The zero-order valence-corrected chi connectivity index (χ0v) is 38.0. The zero-order valence-electron chi connectivity index (χ0n) is 38.0. The van der Waals surface area contributed by atoms with Crippen LogP contribution in [0.25, 0.3) is 11.0 Å². The predicted octanol–water partition coefficient (Wildman–Crippen LogP) is 8.81. The minimum atomic E-state index is -0.775. The maximum atomic E-state index is 14.9. The monoisotopic (exact) mass is 829 g/mol. The van der Waals surface area contributed by atoms with Crippen LogP contribution in [-0.2, 0) is 38.4 Å². The molecule has 2 aromatic heterocycles. The van der Waals surface area contributed by atoms with Gasteiger partial charge in [-0.25, -0.2) is 0 Å². The first-order valence-corrected chi connectivity index (χ1v) is 23.5. The summed E-state index contributed by atoms with van der Waals surface area (Å²) < 4.78 is 14.1. The first-order valence-electron chi connectivity index (χ1n) is 23.5. The number of nitrogens with zero attached hydrogens (tertiary/aromatic N) is 1. The highest BCUT2D eigenvalue weighted by molar-refractivity contribution is 6.01. The number of aliphatic hydroxyl groups excluding tert-OH is 2. The Kier molecular flexibility index (Phi) is 9.54. The fourth-order valence-corrected chi connectivity index (χ4v) is 15.3. The van der Waals surface area contributed by atoms with Gasteiger partial charge in [-0.1, -0.05) is 77.1 Å². The second kappa shape index (κ2) is 14.0. The third kappa shape index (κ3) is 5.99. The van der Waals surface area contributed by atoms with Crippen molar-refractivity contribution in [3.05, 3.63) is 69.6 Å². The molecule has 3 saturated carbocycles. The number of carbonyl (C=O) groups excluding carboxylic acids is 2. The number of aromatic amines is 1. The molecule has 8 nitrogen and oxygen atoms in total. The summed E-state index contributed by atoms with van der Waals surface area (Å²) in [6, 6.07) is 9.24. The van der Waals surface area contributed by atoms with Crippen LogP contribution in [-0.4, -0.2) is 68.5 Å². The molecule has 3 aromatic rings. The summed E-state index contributed by atoms with van der Waals surface area (Å²) in [5, 5.41) is 25.1. The Balaban J connectivity index is 1.16. The number of aromatic nitrogens is 2. The molecule has 0 spiro atoms. The third-order valence-corrected chi connectivity index (χ3v) is 18.5. The summed E-state index contributed by atoms with van der Waals surface area (Å²) in [6.45, 7) is 21.8. The molecular weight excluding hydrogens is 761 g/mol. The lowest BCUT2D eigenvalue weighted by molar-refractivity contribution is -0.229. The van der Waals surface area contributed by atoms with Crippen LogP contribution in [0.5, 0.6) is 0 Å². The number of ketones is 2. The summed E-state index contributed by atoms with van der Waals surface area (Å²) in [5.74, 6) is 7.52. The fraction of sp³-hybridized carbons (Fsp3) is 0.660. The van der Waals surface area contributed by atoms with E-state index in [1.807, 2.05) is 20.0 Å². The molecule has 5 heterocycles.